The first-order chi connectivity index (χ1) is 19.6. The van der Waals surface area contributed by atoms with Gasteiger partial charge in [0.1, 0.15) is 23.9 Å². The summed E-state index contributed by atoms with van der Waals surface area (Å²) in [6.45, 7) is 7.36. The van der Waals surface area contributed by atoms with Gasteiger partial charge in [0, 0.05) is 42.9 Å². The highest BCUT2D eigenvalue weighted by molar-refractivity contribution is 5.95. The minimum Gasteiger partial charge on any atom is -0.358 e. The van der Waals surface area contributed by atoms with Crippen LogP contribution in [-0.4, -0.2) is 58.6 Å². The summed E-state index contributed by atoms with van der Waals surface area (Å²) >= 11 is 0. The number of amides is 4. The summed E-state index contributed by atoms with van der Waals surface area (Å²) in [5.74, 6) is -1.46. The van der Waals surface area contributed by atoms with Gasteiger partial charge < -0.3 is 26.3 Å². The zero-order valence-electron chi connectivity index (χ0n) is 24.7. The number of unbranched alkanes of at least 4 members (excludes halogenated alkanes) is 2. The summed E-state index contributed by atoms with van der Waals surface area (Å²) in [6.07, 6.45) is 4.36. The van der Waals surface area contributed by atoms with Crippen molar-refractivity contribution in [1.29, 1.82) is 0 Å². The highest BCUT2D eigenvalue weighted by Crippen LogP contribution is 2.18. The van der Waals surface area contributed by atoms with E-state index in [0.29, 0.717) is 32.1 Å². The van der Waals surface area contributed by atoms with E-state index >= 15 is 0 Å². The molecule has 0 saturated carbocycles. The maximum atomic E-state index is 13.7. The van der Waals surface area contributed by atoms with E-state index in [9.17, 15) is 24.0 Å². The van der Waals surface area contributed by atoms with Crippen LogP contribution in [-0.2, 0) is 30.4 Å². The molecule has 5 atom stereocenters. The van der Waals surface area contributed by atoms with Crippen molar-refractivity contribution >= 4 is 40.3 Å². The van der Waals surface area contributed by atoms with Gasteiger partial charge in [-0.3, -0.25) is 24.0 Å². The first-order valence-electron chi connectivity index (χ1n) is 14.9. The summed E-state index contributed by atoms with van der Waals surface area (Å²) in [5.41, 5.74) is 1.71. The summed E-state index contributed by atoms with van der Waals surface area (Å²) < 4.78 is 0. The van der Waals surface area contributed by atoms with Gasteiger partial charge in [-0.25, -0.2) is 0 Å². The Labute approximate surface area is 242 Å². The number of fused-ring (bicyclic) bond motifs is 1. The standard InChI is InChI=1S/C31H45N5O5/c1-5-19(3)26-18-28(38)32-20(4)29(39)34-25(15-9-7-8-13-23(37)6-2)30(40)36-27(31(41)35-26)17-22-16-21-12-10-11-14-24(21)33-22/h10-12,14,16,19-20,25-27,33H,5-9,13,15,17-18H2,1-4H3,(H,32,38)(H,34,39)(H,35,41)(H,36,40)/t19-,20-,25-,26+,27-/m0/s1. The smallest absolute Gasteiger partial charge is 0.243 e. The van der Waals surface area contributed by atoms with Crippen LogP contribution in [0.25, 0.3) is 10.9 Å². The van der Waals surface area contributed by atoms with Gasteiger partial charge in [0.05, 0.1) is 0 Å². The Morgan fingerprint density at radius 3 is 2.32 bits per heavy atom. The van der Waals surface area contributed by atoms with Gasteiger partial charge in [-0.1, -0.05) is 58.2 Å². The minimum atomic E-state index is -0.926. The molecule has 0 spiro atoms. The van der Waals surface area contributed by atoms with Crippen molar-refractivity contribution in [2.75, 3.05) is 0 Å². The molecule has 224 valence electrons. The minimum absolute atomic E-state index is 0.00396. The second-order valence-corrected chi connectivity index (χ2v) is 11.2. The van der Waals surface area contributed by atoms with Gasteiger partial charge in [0.2, 0.25) is 23.6 Å². The molecule has 2 heterocycles. The predicted molar refractivity (Wildman–Crippen MR) is 158 cm³/mol. The van der Waals surface area contributed by atoms with Crippen molar-refractivity contribution < 1.29 is 24.0 Å². The number of carbonyl (C=O) groups is 5. The number of nitrogens with one attached hydrogen (secondary N) is 5. The van der Waals surface area contributed by atoms with Crippen LogP contribution in [0.2, 0.25) is 0 Å². The Bertz CT molecular complexity index is 1190. The van der Waals surface area contributed by atoms with Gasteiger partial charge in [-0.05, 0) is 43.2 Å². The fourth-order valence-electron chi connectivity index (χ4n) is 5.06. The maximum Gasteiger partial charge on any atom is 0.243 e. The number of carbonyl (C=O) groups excluding carboxylic acids is 5. The number of aromatic nitrogens is 1. The van der Waals surface area contributed by atoms with Crippen LogP contribution in [0, 0.1) is 5.92 Å². The number of benzene rings is 1. The molecule has 3 rings (SSSR count). The van der Waals surface area contributed by atoms with Crippen LogP contribution in [0.4, 0.5) is 0 Å². The molecule has 2 aromatic rings. The Morgan fingerprint density at radius 2 is 1.61 bits per heavy atom. The molecule has 0 radical (unpaired) electrons. The molecule has 1 aliphatic heterocycles. The highest BCUT2D eigenvalue weighted by Gasteiger charge is 2.32. The van der Waals surface area contributed by atoms with Crippen LogP contribution < -0.4 is 21.3 Å². The normalized spacial score (nSPS) is 23.3. The molecule has 1 fully saturated rings. The van der Waals surface area contributed by atoms with Gasteiger partial charge in [0.25, 0.3) is 0 Å². The molecular formula is C31H45N5O5. The number of ketones is 1. The van der Waals surface area contributed by atoms with Crippen molar-refractivity contribution in [3.63, 3.8) is 0 Å². The van der Waals surface area contributed by atoms with Crippen molar-refractivity contribution in [3.05, 3.63) is 36.0 Å². The van der Waals surface area contributed by atoms with E-state index in [2.05, 4.69) is 26.3 Å². The van der Waals surface area contributed by atoms with Crippen LogP contribution in [0.5, 0.6) is 0 Å². The number of H-pyrrole nitrogens is 1. The monoisotopic (exact) mass is 567 g/mol. The van der Waals surface area contributed by atoms with E-state index in [0.717, 1.165) is 29.4 Å². The average molecular weight is 568 g/mol. The highest BCUT2D eigenvalue weighted by atomic mass is 16.2. The number of para-hydroxylation sites is 1. The van der Waals surface area contributed by atoms with E-state index in [1.165, 1.54) is 0 Å². The van der Waals surface area contributed by atoms with E-state index in [1.54, 1.807) is 6.92 Å². The first kappa shape index (κ1) is 31.8. The van der Waals surface area contributed by atoms with E-state index < -0.39 is 36.0 Å². The molecule has 10 heteroatoms. The Balaban J connectivity index is 1.86. The fourth-order valence-corrected chi connectivity index (χ4v) is 5.06. The van der Waals surface area contributed by atoms with Crippen LogP contribution in [0.15, 0.2) is 30.3 Å². The lowest BCUT2D eigenvalue weighted by Gasteiger charge is -2.27. The third-order valence-corrected chi connectivity index (χ3v) is 7.95. The molecule has 10 nitrogen and oxygen atoms in total. The van der Waals surface area contributed by atoms with Gasteiger partial charge in [-0.2, -0.15) is 0 Å². The second-order valence-electron chi connectivity index (χ2n) is 11.2. The molecule has 1 saturated heterocycles. The Hall–Kier alpha value is -3.69. The number of hydrogen-bond donors (Lipinski definition) is 5. The molecule has 41 heavy (non-hydrogen) atoms. The van der Waals surface area contributed by atoms with Crippen LogP contribution >= 0.6 is 0 Å². The Morgan fingerprint density at radius 1 is 0.902 bits per heavy atom. The lowest BCUT2D eigenvalue weighted by atomic mass is 9.95. The third-order valence-electron chi connectivity index (χ3n) is 7.95. The van der Waals surface area contributed by atoms with E-state index in [-0.39, 0.29) is 36.4 Å². The number of hydrogen-bond acceptors (Lipinski definition) is 5. The number of aromatic amines is 1. The molecule has 0 aliphatic carbocycles. The molecule has 1 aromatic carbocycles. The largest absolute Gasteiger partial charge is 0.358 e. The maximum absolute atomic E-state index is 13.7. The molecule has 0 unspecified atom stereocenters. The van der Waals surface area contributed by atoms with Crippen LogP contribution in [0.3, 0.4) is 0 Å². The van der Waals surface area contributed by atoms with Gasteiger partial charge in [0.15, 0.2) is 0 Å². The molecule has 4 amide bonds. The first-order valence-corrected chi connectivity index (χ1v) is 14.9. The zero-order valence-corrected chi connectivity index (χ0v) is 24.7. The van der Waals surface area contributed by atoms with E-state index in [4.69, 9.17) is 0 Å². The summed E-state index contributed by atoms with van der Waals surface area (Å²) in [7, 11) is 0. The molecular weight excluding hydrogens is 522 g/mol. The quantitative estimate of drug-likeness (QED) is 0.265. The van der Waals surface area contributed by atoms with Gasteiger partial charge >= 0.3 is 0 Å². The predicted octanol–water partition coefficient (Wildman–Crippen LogP) is 3.05. The molecule has 1 aromatic heterocycles. The van der Waals surface area contributed by atoms with Crippen LogP contribution in [0.1, 0.15) is 84.8 Å². The van der Waals surface area contributed by atoms with Crippen molar-refractivity contribution in [2.24, 2.45) is 5.92 Å². The summed E-state index contributed by atoms with van der Waals surface area (Å²) in [6, 6.07) is 6.58. The second kappa shape index (κ2) is 15.3. The fraction of sp³-hybridized carbons (Fsp3) is 0.581. The zero-order chi connectivity index (χ0) is 29.9. The summed E-state index contributed by atoms with van der Waals surface area (Å²) in [5, 5.41) is 12.4. The van der Waals surface area contributed by atoms with Crippen molar-refractivity contribution in [2.45, 2.75) is 110 Å². The van der Waals surface area contributed by atoms with Gasteiger partial charge in [-0.15, -0.1) is 0 Å². The number of Topliss-reactive ketones (excluding diaryl/α,β-unsaturated/α-hetero) is 1. The lowest BCUT2D eigenvalue weighted by Crippen LogP contribution is -2.56. The van der Waals surface area contributed by atoms with Crippen molar-refractivity contribution in [1.82, 2.24) is 26.3 Å². The number of rotatable bonds is 11. The topological polar surface area (TPSA) is 149 Å². The summed E-state index contributed by atoms with van der Waals surface area (Å²) in [4.78, 5) is 68.1. The average Bonchev–Trinajstić information content (AvgIpc) is 3.36. The third kappa shape index (κ3) is 9.43. The van der Waals surface area contributed by atoms with E-state index in [1.807, 2.05) is 51.1 Å². The molecule has 1 aliphatic rings. The Kier molecular flexibility index (Phi) is 11.9. The lowest BCUT2D eigenvalue weighted by molar-refractivity contribution is -0.133. The molecule has 5 N–H and O–H groups in total. The van der Waals surface area contributed by atoms with Crippen molar-refractivity contribution in [3.8, 4) is 0 Å². The molecule has 0 bridgehead atoms. The SMILES string of the molecule is CCC(=O)CCCCC[C@@H]1NC(=O)[C@H](C)NC(=O)C[C@H]([C@@H](C)CC)NC(=O)[C@H](Cc2cc3ccccc3[nH]2)NC1=O.